The van der Waals surface area contributed by atoms with Crippen molar-refractivity contribution >= 4 is 16.7 Å². The van der Waals surface area contributed by atoms with Gasteiger partial charge in [-0.1, -0.05) is 36.4 Å². The summed E-state index contributed by atoms with van der Waals surface area (Å²) in [6.07, 6.45) is 1.37. The number of benzene rings is 2. The molecule has 5 rings (SSSR count). The van der Waals surface area contributed by atoms with E-state index in [1.165, 1.54) is 5.39 Å². The minimum Gasteiger partial charge on any atom is -0.491 e. The third-order valence-electron chi connectivity index (χ3n) is 5.72. The van der Waals surface area contributed by atoms with Gasteiger partial charge in [0.05, 0.1) is 17.8 Å². The summed E-state index contributed by atoms with van der Waals surface area (Å²) in [5.74, 6) is 1.04. The van der Waals surface area contributed by atoms with Gasteiger partial charge in [-0.15, -0.1) is 0 Å². The molecule has 1 unspecified atom stereocenters. The van der Waals surface area contributed by atoms with Crippen LogP contribution in [0.4, 0.5) is 0 Å². The van der Waals surface area contributed by atoms with Crippen LogP contribution in [0, 0.1) is 0 Å². The van der Waals surface area contributed by atoms with E-state index in [9.17, 15) is 4.79 Å². The monoisotopic (exact) mass is 388 g/mol. The van der Waals surface area contributed by atoms with Crippen molar-refractivity contribution in [1.82, 2.24) is 9.88 Å². The van der Waals surface area contributed by atoms with Crippen molar-refractivity contribution in [3.05, 3.63) is 71.4 Å². The maximum atomic E-state index is 11.9. The van der Waals surface area contributed by atoms with Crippen molar-refractivity contribution in [3.63, 3.8) is 0 Å². The van der Waals surface area contributed by atoms with Crippen LogP contribution < -0.4 is 4.74 Å². The molecule has 0 saturated carbocycles. The van der Waals surface area contributed by atoms with E-state index >= 15 is 0 Å². The molecule has 1 aliphatic carbocycles. The van der Waals surface area contributed by atoms with Gasteiger partial charge in [-0.05, 0) is 24.6 Å². The van der Waals surface area contributed by atoms with E-state index in [1.54, 1.807) is 0 Å². The molecule has 1 saturated heterocycles. The summed E-state index contributed by atoms with van der Waals surface area (Å²) in [4.78, 5) is 19.1. The zero-order chi connectivity index (χ0) is 19.6. The number of fused-ring (bicyclic) bond motifs is 2. The van der Waals surface area contributed by atoms with Crippen LogP contribution in [0.1, 0.15) is 28.0 Å². The Labute approximate surface area is 170 Å². The Morgan fingerprint density at radius 2 is 2.00 bits per heavy atom. The van der Waals surface area contributed by atoms with Crippen molar-refractivity contribution in [3.8, 4) is 5.75 Å². The highest BCUT2D eigenvalue weighted by molar-refractivity contribution is 6.01. The van der Waals surface area contributed by atoms with Crippen molar-refractivity contribution in [2.24, 2.45) is 0 Å². The molecule has 5 heteroatoms. The quantitative estimate of drug-likeness (QED) is 0.668. The second-order valence-corrected chi connectivity index (χ2v) is 7.74. The molecule has 0 amide bonds. The van der Waals surface area contributed by atoms with E-state index in [0.717, 1.165) is 54.1 Å². The normalized spacial score (nSPS) is 19.4. The van der Waals surface area contributed by atoms with Gasteiger partial charge in [0.2, 0.25) is 0 Å². The van der Waals surface area contributed by atoms with Crippen molar-refractivity contribution in [1.29, 1.82) is 0 Å². The number of Topliss-reactive ketones (excluding diaryl/α,β-unsaturated/α-hetero) is 1. The smallest absolute Gasteiger partial charge is 0.163 e. The van der Waals surface area contributed by atoms with Gasteiger partial charge in [-0.25, -0.2) is 0 Å². The second kappa shape index (κ2) is 7.93. The van der Waals surface area contributed by atoms with E-state index in [-0.39, 0.29) is 11.9 Å². The summed E-state index contributed by atoms with van der Waals surface area (Å²) in [5.41, 5.74) is 3.97. The zero-order valence-corrected chi connectivity index (χ0v) is 16.3. The number of aromatic nitrogens is 1. The van der Waals surface area contributed by atoms with Crippen LogP contribution in [0.25, 0.3) is 10.9 Å². The molecule has 0 radical (unpaired) electrons. The molecule has 1 fully saturated rings. The molecule has 0 bridgehead atoms. The van der Waals surface area contributed by atoms with Gasteiger partial charge >= 0.3 is 0 Å². The predicted molar refractivity (Wildman–Crippen MR) is 111 cm³/mol. The number of hydrogen-bond acceptors (Lipinski definition) is 5. The van der Waals surface area contributed by atoms with Crippen LogP contribution in [0.3, 0.4) is 0 Å². The highest BCUT2D eigenvalue weighted by Crippen LogP contribution is 2.30. The fourth-order valence-electron chi connectivity index (χ4n) is 4.23. The molecule has 0 spiro atoms. The first-order valence-electron chi connectivity index (χ1n) is 10.2. The van der Waals surface area contributed by atoms with Crippen molar-refractivity contribution < 1.29 is 14.3 Å². The van der Waals surface area contributed by atoms with E-state index in [1.807, 2.05) is 30.3 Å². The Morgan fingerprint density at radius 1 is 1.07 bits per heavy atom. The van der Waals surface area contributed by atoms with Gasteiger partial charge in [-0.3, -0.25) is 14.7 Å². The van der Waals surface area contributed by atoms with Crippen molar-refractivity contribution in [2.45, 2.75) is 25.5 Å². The van der Waals surface area contributed by atoms with Crippen LogP contribution >= 0.6 is 0 Å². The van der Waals surface area contributed by atoms with E-state index < -0.39 is 0 Å². The lowest BCUT2D eigenvalue weighted by Gasteiger charge is -2.32. The molecule has 29 heavy (non-hydrogen) atoms. The van der Waals surface area contributed by atoms with Gasteiger partial charge in [0.1, 0.15) is 18.5 Å². The average molecular weight is 388 g/mol. The minimum atomic E-state index is 0.0113. The predicted octanol–water partition coefficient (Wildman–Crippen LogP) is 3.64. The minimum absolute atomic E-state index is 0.0113. The van der Waals surface area contributed by atoms with E-state index in [4.69, 9.17) is 14.5 Å². The van der Waals surface area contributed by atoms with Gasteiger partial charge < -0.3 is 9.47 Å². The maximum Gasteiger partial charge on any atom is 0.163 e. The van der Waals surface area contributed by atoms with Crippen LogP contribution in [-0.2, 0) is 17.7 Å². The first-order chi connectivity index (χ1) is 14.3. The number of pyridine rings is 1. The zero-order valence-electron chi connectivity index (χ0n) is 16.3. The lowest BCUT2D eigenvalue weighted by Crippen LogP contribution is -2.44. The summed E-state index contributed by atoms with van der Waals surface area (Å²) in [6.45, 7) is 3.68. The number of rotatable bonds is 5. The summed E-state index contributed by atoms with van der Waals surface area (Å²) in [6, 6.07) is 18.2. The molecular formula is C24H24N2O3. The number of morpholine rings is 1. The van der Waals surface area contributed by atoms with Crippen molar-refractivity contribution in [2.75, 3.05) is 26.3 Å². The standard InChI is InChI=1S/C24H24N2O3/c27-23-11-10-21-20(23)5-3-7-24(21)29-16-19-15-26(12-13-28-19)14-18-9-8-17-4-1-2-6-22(17)25-18/h1-9,19H,10-16H2. The molecule has 3 aromatic rings. The molecule has 2 aromatic carbocycles. The number of carbonyl (C=O) groups excluding carboxylic acids is 1. The Balaban J connectivity index is 1.21. The number of ketones is 1. The number of ether oxygens (including phenoxy) is 2. The fourth-order valence-corrected chi connectivity index (χ4v) is 4.23. The summed E-state index contributed by atoms with van der Waals surface area (Å²) in [5, 5.41) is 1.17. The molecule has 1 atom stereocenters. The Kier molecular flexibility index (Phi) is 5.00. The highest BCUT2D eigenvalue weighted by Gasteiger charge is 2.25. The number of hydrogen-bond donors (Lipinski definition) is 0. The van der Waals surface area contributed by atoms with Gasteiger partial charge in [0, 0.05) is 42.6 Å². The lowest BCUT2D eigenvalue weighted by molar-refractivity contribution is -0.0507. The molecule has 5 nitrogen and oxygen atoms in total. The number of nitrogens with zero attached hydrogens (tertiary/aromatic N) is 2. The first-order valence-corrected chi connectivity index (χ1v) is 10.2. The van der Waals surface area contributed by atoms with Crippen LogP contribution in [0.5, 0.6) is 5.75 Å². The van der Waals surface area contributed by atoms with Crippen LogP contribution in [0.2, 0.25) is 0 Å². The van der Waals surface area contributed by atoms with Gasteiger partial charge in [-0.2, -0.15) is 0 Å². The molecule has 1 aliphatic heterocycles. The van der Waals surface area contributed by atoms with Gasteiger partial charge in [0.15, 0.2) is 5.78 Å². The third kappa shape index (κ3) is 3.88. The van der Waals surface area contributed by atoms with Crippen LogP contribution in [0.15, 0.2) is 54.6 Å². The number of carbonyl (C=O) groups is 1. The van der Waals surface area contributed by atoms with Crippen LogP contribution in [-0.4, -0.2) is 48.1 Å². The molecule has 0 N–H and O–H groups in total. The molecule has 2 aliphatic rings. The fraction of sp³-hybridized carbons (Fsp3) is 0.333. The van der Waals surface area contributed by atoms with Gasteiger partial charge in [0.25, 0.3) is 0 Å². The second-order valence-electron chi connectivity index (χ2n) is 7.74. The molecule has 2 heterocycles. The Morgan fingerprint density at radius 3 is 2.97 bits per heavy atom. The lowest BCUT2D eigenvalue weighted by atomic mass is 10.1. The molecule has 1 aromatic heterocycles. The summed E-state index contributed by atoms with van der Waals surface area (Å²) >= 11 is 0. The highest BCUT2D eigenvalue weighted by atomic mass is 16.5. The largest absolute Gasteiger partial charge is 0.491 e. The molecule has 148 valence electrons. The average Bonchev–Trinajstić information content (AvgIpc) is 3.14. The number of para-hydroxylation sites is 1. The first kappa shape index (κ1) is 18.3. The third-order valence-corrected chi connectivity index (χ3v) is 5.72. The van der Waals surface area contributed by atoms with E-state index in [0.29, 0.717) is 19.6 Å². The Hall–Kier alpha value is -2.76. The van der Waals surface area contributed by atoms with E-state index in [2.05, 4.69) is 29.2 Å². The Bertz CT molecular complexity index is 1050. The topological polar surface area (TPSA) is 51.7 Å². The maximum absolute atomic E-state index is 11.9. The SMILES string of the molecule is O=C1CCc2c(OCC3CN(Cc4ccc5ccccc5n4)CCO3)cccc21. The summed E-state index contributed by atoms with van der Waals surface area (Å²) in [7, 11) is 0. The summed E-state index contributed by atoms with van der Waals surface area (Å²) < 4.78 is 12.0. The molecular weight excluding hydrogens is 364 g/mol.